The van der Waals surface area contributed by atoms with Gasteiger partial charge in [0.2, 0.25) is 5.91 Å². The summed E-state index contributed by atoms with van der Waals surface area (Å²) in [6.45, 7) is 4.67. The van der Waals surface area contributed by atoms with Gasteiger partial charge in [0, 0.05) is 0 Å². The van der Waals surface area contributed by atoms with Gasteiger partial charge in [-0.3, -0.25) is 10.1 Å². The molecule has 0 fully saturated rings. The molecular formula is C14H14F3N3O3. The number of anilines is 2. The van der Waals surface area contributed by atoms with Crippen molar-refractivity contribution in [1.29, 1.82) is 5.26 Å². The molecule has 0 saturated heterocycles. The van der Waals surface area contributed by atoms with Crippen LogP contribution < -0.4 is 10.6 Å². The molecule has 23 heavy (non-hydrogen) atoms. The summed E-state index contributed by atoms with van der Waals surface area (Å²) < 4.78 is 45.6. The molecule has 0 atom stereocenters. The molecule has 0 aromatic heterocycles. The van der Waals surface area contributed by atoms with E-state index in [1.165, 1.54) is 6.07 Å². The SMILES string of the molecule is CC(C)(C)OC(=O)Nc1cc(NC(=O)CC#N)c(F)c(F)c1F. The number of benzene rings is 1. The lowest BCUT2D eigenvalue weighted by Gasteiger charge is -2.20. The second kappa shape index (κ2) is 7.00. The van der Waals surface area contributed by atoms with Gasteiger partial charge in [0.25, 0.3) is 0 Å². The van der Waals surface area contributed by atoms with Crippen LogP contribution in [0.4, 0.5) is 29.3 Å². The standard InChI is InChI=1S/C14H14F3N3O3/c1-14(2,3)23-13(22)20-8-6-7(19-9(21)4-5-18)10(15)12(17)11(8)16/h6H,4H2,1-3H3,(H,19,21)(H,20,22). The number of nitriles is 1. The van der Waals surface area contributed by atoms with Crippen molar-refractivity contribution in [2.45, 2.75) is 32.8 Å². The third-order valence-corrected chi connectivity index (χ3v) is 2.30. The van der Waals surface area contributed by atoms with E-state index in [1.807, 2.05) is 10.6 Å². The van der Waals surface area contributed by atoms with Crippen LogP contribution in [0.1, 0.15) is 27.2 Å². The first-order chi connectivity index (χ1) is 10.5. The van der Waals surface area contributed by atoms with Crippen molar-refractivity contribution in [3.8, 4) is 6.07 Å². The average Bonchev–Trinajstić information content (AvgIpc) is 2.40. The molecule has 0 heterocycles. The number of hydrogen-bond donors (Lipinski definition) is 2. The maximum absolute atomic E-state index is 13.7. The lowest BCUT2D eigenvalue weighted by atomic mass is 10.2. The van der Waals surface area contributed by atoms with Crippen LogP contribution in [0.5, 0.6) is 0 Å². The Hall–Kier alpha value is -2.76. The maximum atomic E-state index is 13.7. The number of amides is 2. The second-order valence-corrected chi connectivity index (χ2v) is 5.42. The monoisotopic (exact) mass is 329 g/mol. The Morgan fingerprint density at radius 1 is 1.13 bits per heavy atom. The molecule has 0 unspecified atom stereocenters. The number of rotatable bonds is 3. The number of carbonyl (C=O) groups is 2. The Bertz CT molecular complexity index is 679. The summed E-state index contributed by atoms with van der Waals surface area (Å²) in [5, 5.41) is 12.2. The molecule has 0 saturated carbocycles. The van der Waals surface area contributed by atoms with Gasteiger partial charge in [-0.1, -0.05) is 0 Å². The second-order valence-electron chi connectivity index (χ2n) is 5.42. The molecule has 9 heteroatoms. The quantitative estimate of drug-likeness (QED) is 0.832. The number of ether oxygens (including phenoxy) is 1. The van der Waals surface area contributed by atoms with E-state index in [-0.39, 0.29) is 0 Å². The molecule has 1 aromatic rings. The summed E-state index contributed by atoms with van der Waals surface area (Å²) in [6, 6.07) is 2.20. The van der Waals surface area contributed by atoms with E-state index in [4.69, 9.17) is 10.00 Å². The minimum Gasteiger partial charge on any atom is -0.444 e. The van der Waals surface area contributed by atoms with Crippen LogP contribution in [0.25, 0.3) is 0 Å². The molecule has 124 valence electrons. The van der Waals surface area contributed by atoms with E-state index < -0.39 is 52.8 Å². The zero-order chi connectivity index (χ0) is 17.8. The van der Waals surface area contributed by atoms with E-state index in [1.54, 1.807) is 20.8 Å². The van der Waals surface area contributed by atoms with Gasteiger partial charge >= 0.3 is 6.09 Å². The molecule has 2 N–H and O–H groups in total. The fourth-order valence-corrected chi connectivity index (χ4v) is 1.47. The van der Waals surface area contributed by atoms with E-state index in [9.17, 15) is 22.8 Å². The minimum atomic E-state index is -1.88. The van der Waals surface area contributed by atoms with E-state index in [0.717, 1.165) is 0 Å². The molecule has 0 aliphatic carbocycles. The molecule has 2 amide bonds. The maximum Gasteiger partial charge on any atom is 0.412 e. The summed E-state index contributed by atoms with van der Waals surface area (Å²) >= 11 is 0. The van der Waals surface area contributed by atoms with Crippen LogP contribution in [-0.2, 0) is 9.53 Å². The zero-order valence-corrected chi connectivity index (χ0v) is 12.6. The smallest absolute Gasteiger partial charge is 0.412 e. The van der Waals surface area contributed by atoms with E-state index in [0.29, 0.717) is 6.07 Å². The highest BCUT2D eigenvalue weighted by atomic mass is 19.2. The molecule has 0 aliphatic heterocycles. The van der Waals surface area contributed by atoms with Gasteiger partial charge in [-0.25, -0.2) is 18.0 Å². The van der Waals surface area contributed by atoms with Gasteiger partial charge < -0.3 is 10.1 Å². The molecule has 6 nitrogen and oxygen atoms in total. The lowest BCUT2D eigenvalue weighted by Crippen LogP contribution is -2.27. The number of halogens is 3. The van der Waals surface area contributed by atoms with Crippen molar-refractivity contribution < 1.29 is 27.5 Å². The van der Waals surface area contributed by atoms with Crippen molar-refractivity contribution in [3.63, 3.8) is 0 Å². The molecule has 0 spiro atoms. The topological polar surface area (TPSA) is 91.2 Å². The third kappa shape index (κ3) is 5.18. The average molecular weight is 329 g/mol. The molecule has 0 bridgehead atoms. The summed E-state index contributed by atoms with van der Waals surface area (Å²) in [5.74, 6) is -6.10. The highest BCUT2D eigenvalue weighted by molar-refractivity contribution is 5.93. The van der Waals surface area contributed by atoms with Crippen LogP contribution in [-0.4, -0.2) is 17.6 Å². The first-order valence-corrected chi connectivity index (χ1v) is 6.39. The number of nitrogens with zero attached hydrogens (tertiary/aromatic N) is 1. The molecule has 1 rings (SSSR count). The Balaban J connectivity index is 3.09. The van der Waals surface area contributed by atoms with Crippen molar-refractivity contribution in [1.82, 2.24) is 0 Å². The fraction of sp³-hybridized carbons (Fsp3) is 0.357. The van der Waals surface area contributed by atoms with Crippen LogP contribution >= 0.6 is 0 Å². The summed E-state index contributed by atoms with van der Waals surface area (Å²) in [7, 11) is 0. The lowest BCUT2D eigenvalue weighted by molar-refractivity contribution is -0.115. The van der Waals surface area contributed by atoms with E-state index >= 15 is 0 Å². The fourth-order valence-electron chi connectivity index (χ4n) is 1.47. The number of carbonyl (C=O) groups excluding carboxylic acids is 2. The first kappa shape index (κ1) is 18.3. The first-order valence-electron chi connectivity index (χ1n) is 6.39. The highest BCUT2D eigenvalue weighted by Gasteiger charge is 2.23. The summed E-state index contributed by atoms with van der Waals surface area (Å²) in [4.78, 5) is 22.8. The van der Waals surface area contributed by atoms with Gasteiger partial charge in [-0.2, -0.15) is 5.26 Å². The third-order valence-electron chi connectivity index (χ3n) is 2.30. The van der Waals surface area contributed by atoms with Gasteiger partial charge in [-0.15, -0.1) is 0 Å². The normalized spacial score (nSPS) is 10.7. The highest BCUT2D eigenvalue weighted by Crippen LogP contribution is 2.27. The number of nitrogens with one attached hydrogen (secondary N) is 2. The van der Waals surface area contributed by atoms with Crippen molar-refractivity contribution in [2.24, 2.45) is 0 Å². The Kier molecular flexibility index (Phi) is 5.57. The molecular weight excluding hydrogens is 315 g/mol. The summed E-state index contributed by atoms with van der Waals surface area (Å²) in [5.41, 5.74) is -2.32. The van der Waals surface area contributed by atoms with Crippen molar-refractivity contribution >= 4 is 23.4 Å². The minimum absolute atomic E-state index is 0.604. The van der Waals surface area contributed by atoms with Crippen molar-refractivity contribution in [2.75, 3.05) is 10.6 Å². The van der Waals surface area contributed by atoms with Crippen LogP contribution in [0.15, 0.2) is 6.07 Å². The van der Waals surface area contributed by atoms with E-state index in [2.05, 4.69) is 0 Å². The van der Waals surface area contributed by atoms with Gasteiger partial charge in [0.15, 0.2) is 17.5 Å². The van der Waals surface area contributed by atoms with Crippen molar-refractivity contribution in [3.05, 3.63) is 23.5 Å². The predicted octanol–water partition coefficient (Wildman–Crippen LogP) is 3.30. The van der Waals surface area contributed by atoms with Gasteiger partial charge in [-0.05, 0) is 26.8 Å². The van der Waals surface area contributed by atoms with Gasteiger partial charge in [0.1, 0.15) is 12.0 Å². The van der Waals surface area contributed by atoms with Gasteiger partial charge in [0.05, 0.1) is 17.4 Å². The molecule has 1 aromatic carbocycles. The number of hydrogen-bond acceptors (Lipinski definition) is 4. The van der Waals surface area contributed by atoms with Crippen LogP contribution in [0.3, 0.4) is 0 Å². The van der Waals surface area contributed by atoms with Crippen LogP contribution in [0, 0.1) is 28.8 Å². The Labute approximate surface area is 130 Å². The Morgan fingerprint density at radius 3 is 2.13 bits per heavy atom. The molecule has 0 aliphatic rings. The molecule has 0 radical (unpaired) electrons. The summed E-state index contributed by atoms with van der Waals surface area (Å²) in [6.07, 6.45) is -1.69. The largest absolute Gasteiger partial charge is 0.444 e. The predicted molar refractivity (Wildman–Crippen MR) is 75.0 cm³/mol. The van der Waals surface area contributed by atoms with Crippen LogP contribution in [0.2, 0.25) is 0 Å². The Morgan fingerprint density at radius 2 is 1.65 bits per heavy atom. The zero-order valence-electron chi connectivity index (χ0n) is 12.6.